The number of benzene rings is 2. The highest BCUT2D eigenvalue weighted by Crippen LogP contribution is 2.28. The molecular formula is C22H32Cl2N2O2. The van der Waals surface area contributed by atoms with Gasteiger partial charge in [-0.1, -0.05) is 42.0 Å². The number of methoxy groups -OCH3 is 2. The standard InChI is InChI=1S/C22H30N2O2.2ClH/c1-18-8-10-19(11-9-18)21(25-2)12-13-23-14-16-24(17-15-23)20-6-4-5-7-22(20)26-3;;/h4-11,21H,12-17H2,1-3H3;2*1H. The number of piperazine rings is 1. The maximum Gasteiger partial charge on any atom is 0.142 e. The van der Waals surface area contributed by atoms with E-state index in [2.05, 4.69) is 53.1 Å². The van der Waals surface area contributed by atoms with Crippen LogP contribution >= 0.6 is 24.8 Å². The molecule has 0 bridgehead atoms. The van der Waals surface area contributed by atoms with Gasteiger partial charge in [0.15, 0.2) is 0 Å². The van der Waals surface area contributed by atoms with E-state index in [1.165, 1.54) is 16.8 Å². The highest BCUT2D eigenvalue weighted by atomic mass is 35.5. The van der Waals surface area contributed by atoms with Crippen molar-refractivity contribution in [2.24, 2.45) is 0 Å². The summed E-state index contributed by atoms with van der Waals surface area (Å²) in [7, 11) is 3.55. The van der Waals surface area contributed by atoms with Gasteiger partial charge in [0.2, 0.25) is 0 Å². The summed E-state index contributed by atoms with van der Waals surface area (Å²) in [5, 5.41) is 0. The Kier molecular flexibility index (Phi) is 10.7. The van der Waals surface area contributed by atoms with Crippen LogP contribution in [0.15, 0.2) is 48.5 Å². The Morgan fingerprint density at radius 1 is 0.893 bits per heavy atom. The highest BCUT2D eigenvalue weighted by molar-refractivity contribution is 5.85. The van der Waals surface area contributed by atoms with Gasteiger partial charge in [-0.2, -0.15) is 0 Å². The number of hydrogen-bond acceptors (Lipinski definition) is 4. The minimum Gasteiger partial charge on any atom is -0.495 e. The fraction of sp³-hybridized carbons (Fsp3) is 0.455. The van der Waals surface area contributed by atoms with Crippen LogP contribution in [0.2, 0.25) is 0 Å². The highest BCUT2D eigenvalue weighted by Gasteiger charge is 2.20. The van der Waals surface area contributed by atoms with Gasteiger partial charge in [0.05, 0.1) is 18.9 Å². The molecule has 1 atom stereocenters. The van der Waals surface area contributed by atoms with Crippen LogP contribution in [0.5, 0.6) is 5.75 Å². The summed E-state index contributed by atoms with van der Waals surface area (Å²) in [6, 6.07) is 17.0. The average molecular weight is 427 g/mol. The molecule has 1 fully saturated rings. The van der Waals surface area contributed by atoms with E-state index in [-0.39, 0.29) is 30.9 Å². The zero-order valence-electron chi connectivity index (χ0n) is 17.0. The van der Waals surface area contributed by atoms with E-state index < -0.39 is 0 Å². The number of nitrogens with zero attached hydrogens (tertiary/aromatic N) is 2. The lowest BCUT2D eigenvalue weighted by molar-refractivity contribution is 0.0821. The Hall–Kier alpha value is -1.46. The van der Waals surface area contributed by atoms with E-state index in [1.807, 2.05) is 19.2 Å². The van der Waals surface area contributed by atoms with Crippen molar-refractivity contribution >= 4 is 30.5 Å². The number of hydrogen-bond donors (Lipinski definition) is 0. The van der Waals surface area contributed by atoms with Gasteiger partial charge in [-0.25, -0.2) is 0 Å². The number of anilines is 1. The van der Waals surface area contributed by atoms with Crippen LogP contribution in [0.4, 0.5) is 5.69 Å². The lowest BCUT2D eigenvalue weighted by Crippen LogP contribution is -2.47. The molecule has 0 saturated carbocycles. The first kappa shape index (κ1) is 24.6. The fourth-order valence-corrected chi connectivity index (χ4v) is 3.60. The van der Waals surface area contributed by atoms with Gasteiger partial charge >= 0.3 is 0 Å². The Morgan fingerprint density at radius 2 is 1.54 bits per heavy atom. The fourth-order valence-electron chi connectivity index (χ4n) is 3.60. The first-order chi connectivity index (χ1) is 12.7. The van der Waals surface area contributed by atoms with Crippen molar-refractivity contribution in [1.82, 2.24) is 4.90 Å². The van der Waals surface area contributed by atoms with Crippen molar-refractivity contribution in [2.45, 2.75) is 19.4 Å². The Morgan fingerprint density at radius 3 is 2.14 bits per heavy atom. The van der Waals surface area contributed by atoms with Gasteiger partial charge in [0, 0.05) is 39.8 Å². The maximum absolute atomic E-state index is 5.73. The topological polar surface area (TPSA) is 24.9 Å². The molecule has 0 radical (unpaired) electrons. The molecule has 0 spiro atoms. The van der Waals surface area contributed by atoms with Crippen molar-refractivity contribution in [3.63, 3.8) is 0 Å². The number of halogens is 2. The molecular weight excluding hydrogens is 395 g/mol. The van der Waals surface area contributed by atoms with E-state index in [9.17, 15) is 0 Å². The van der Waals surface area contributed by atoms with Crippen LogP contribution in [0.25, 0.3) is 0 Å². The summed E-state index contributed by atoms with van der Waals surface area (Å²) < 4.78 is 11.2. The van der Waals surface area contributed by atoms with E-state index in [0.29, 0.717) is 0 Å². The lowest BCUT2D eigenvalue weighted by atomic mass is 10.0. The molecule has 2 aromatic rings. The minimum absolute atomic E-state index is 0. The van der Waals surface area contributed by atoms with Crippen LogP contribution in [-0.4, -0.2) is 51.8 Å². The summed E-state index contributed by atoms with van der Waals surface area (Å²) in [5.74, 6) is 0.958. The van der Waals surface area contributed by atoms with Gasteiger partial charge in [0.1, 0.15) is 5.75 Å². The summed E-state index contributed by atoms with van der Waals surface area (Å²) >= 11 is 0. The third-order valence-corrected chi connectivity index (χ3v) is 5.24. The second-order valence-electron chi connectivity index (χ2n) is 6.92. The Labute approximate surface area is 181 Å². The molecule has 1 heterocycles. The van der Waals surface area contributed by atoms with Gasteiger partial charge in [-0.3, -0.25) is 4.90 Å². The second kappa shape index (κ2) is 12.2. The third kappa shape index (κ3) is 6.28. The van der Waals surface area contributed by atoms with E-state index in [1.54, 1.807) is 7.11 Å². The monoisotopic (exact) mass is 426 g/mol. The van der Waals surface area contributed by atoms with Gasteiger partial charge in [-0.15, -0.1) is 24.8 Å². The van der Waals surface area contributed by atoms with Crippen LogP contribution < -0.4 is 9.64 Å². The molecule has 1 saturated heterocycles. The number of para-hydroxylation sites is 2. The molecule has 0 amide bonds. The normalized spacial score (nSPS) is 15.3. The third-order valence-electron chi connectivity index (χ3n) is 5.24. The molecule has 0 N–H and O–H groups in total. The molecule has 156 valence electrons. The number of rotatable bonds is 7. The molecule has 3 rings (SSSR count). The second-order valence-corrected chi connectivity index (χ2v) is 6.92. The first-order valence-corrected chi connectivity index (χ1v) is 9.41. The molecule has 1 aliphatic rings. The number of aryl methyl sites for hydroxylation is 1. The Balaban J connectivity index is 0.00000196. The smallest absolute Gasteiger partial charge is 0.142 e. The predicted molar refractivity (Wildman–Crippen MR) is 122 cm³/mol. The molecule has 0 aliphatic carbocycles. The zero-order chi connectivity index (χ0) is 18.4. The zero-order valence-corrected chi connectivity index (χ0v) is 18.6. The van der Waals surface area contributed by atoms with Crippen molar-refractivity contribution in [2.75, 3.05) is 51.8 Å². The van der Waals surface area contributed by atoms with Crippen molar-refractivity contribution in [3.05, 3.63) is 59.7 Å². The van der Waals surface area contributed by atoms with Crippen LogP contribution in [-0.2, 0) is 4.74 Å². The van der Waals surface area contributed by atoms with E-state index in [0.717, 1.165) is 44.9 Å². The largest absolute Gasteiger partial charge is 0.495 e. The van der Waals surface area contributed by atoms with E-state index >= 15 is 0 Å². The molecule has 1 aliphatic heterocycles. The van der Waals surface area contributed by atoms with Gasteiger partial charge < -0.3 is 14.4 Å². The molecule has 1 unspecified atom stereocenters. The van der Waals surface area contributed by atoms with E-state index in [4.69, 9.17) is 9.47 Å². The van der Waals surface area contributed by atoms with Crippen LogP contribution in [0, 0.1) is 6.92 Å². The van der Waals surface area contributed by atoms with Crippen LogP contribution in [0.1, 0.15) is 23.7 Å². The van der Waals surface area contributed by atoms with Crippen LogP contribution in [0.3, 0.4) is 0 Å². The van der Waals surface area contributed by atoms with Crippen molar-refractivity contribution in [3.8, 4) is 5.75 Å². The quantitative estimate of drug-likeness (QED) is 0.637. The predicted octanol–water partition coefficient (Wildman–Crippen LogP) is 4.75. The maximum atomic E-state index is 5.73. The summed E-state index contributed by atoms with van der Waals surface area (Å²) in [6.07, 6.45) is 1.19. The number of ether oxygens (including phenoxy) is 2. The minimum atomic E-state index is 0. The molecule has 2 aromatic carbocycles. The summed E-state index contributed by atoms with van der Waals surface area (Å²) in [6.45, 7) is 7.38. The first-order valence-electron chi connectivity index (χ1n) is 9.41. The van der Waals surface area contributed by atoms with Gasteiger partial charge in [-0.05, 0) is 31.0 Å². The summed E-state index contributed by atoms with van der Waals surface area (Å²) in [5.41, 5.74) is 3.76. The molecule has 28 heavy (non-hydrogen) atoms. The SMILES string of the molecule is COc1ccccc1N1CCN(CCC(OC)c2ccc(C)cc2)CC1.Cl.Cl. The molecule has 0 aromatic heterocycles. The van der Waals surface area contributed by atoms with Crippen molar-refractivity contribution < 1.29 is 9.47 Å². The van der Waals surface area contributed by atoms with Gasteiger partial charge in [0.25, 0.3) is 0 Å². The lowest BCUT2D eigenvalue weighted by Gasteiger charge is -2.37. The molecule has 6 heteroatoms. The Bertz CT molecular complexity index is 689. The van der Waals surface area contributed by atoms with Crippen molar-refractivity contribution in [1.29, 1.82) is 0 Å². The summed E-state index contributed by atoms with van der Waals surface area (Å²) in [4.78, 5) is 4.95. The molecule has 4 nitrogen and oxygen atoms in total. The average Bonchev–Trinajstić information content (AvgIpc) is 2.70.